The summed E-state index contributed by atoms with van der Waals surface area (Å²) in [6.07, 6.45) is -0.112. The molecule has 0 saturated carbocycles. The summed E-state index contributed by atoms with van der Waals surface area (Å²) in [5, 5.41) is 11.1. The fraction of sp³-hybridized carbons (Fsp3) is 0.250. The normalized spacial score (nSPS) is 21.2. The highest BCUT2D eigenvalue weighted by Gasteiger charge is 2.28. The maximum absolute atomic E-state index is 10.3. The third-order valence-electron chi connectivity index (χ3n) is 3.62. The first kappa shape index (κ1) is 13.9. The van der Waals surface area contributed by atoms with Crippen molar-refractivity contribution in [2.24, 2.45) is 0 Å². The summed E-state index contributed by atoms with van der Waals surface area (Å²) in [6, 6.07) is 11.5. The number of aliphatic hydroxyl groups is 1. The Morgan fingerprint density at radius 3 is 2.75 bits per heavy atom. The fourth-order valence-electron chi connectivity index (χ4n) is 2.61. The van der Waals surface area contributed by atoms with Crippen molar-refractivity contribution in [3.05, 3.63) is 62.6 Å². The monoisotopic (exact) mass is 352 g/mol. The van der Waals surface area contributed by atoms with Crippen LogP contribution in [0.5, 0.6) is 5.75 Å². The van der Waals surface area contributed by atoms with Gasteiger partial charge in [0.25, 0.3) is 0 Å². The van der Waals surface area contributed by atoms with Crippen LogP contribution >= 0.6 is 27.5 Å². The molecule has 1 heterocycles. The summed E-state index contributed by atoms with van der Waals surface area (Å²) < 4.78 is 6.98. The predicted molar refractivity (Wildman–Crippen MR) is 83.3 cm³/mol. The van der Waals surface area contributed by atoms with Crippen LogP contribution in [0.3, 0.4) is 0 Å². The van der Waals surface area contributed by atoms with Crippen LogP contribution in [0.4, 0.5) is 0 Å². The van der Waals surface area contributed by atoms with Crippen LogP contribution in [0.25, 0.3) is 0 Å². The van der Waals surface area contributed by atoms with Gasteiger partial charge < -0.3 is 9.84 Å². The van der Waals surface area contributed by atoms with Crippen molar-refractivity contribution in [2.45, 2.75) is 25.6 Å². The molecule has 0 radical (unpaired) electrons. The molecule has 0 fully saturated rings. The minimum absolute atomic E-state index is 0.143. The molecule has 0 aromatic heterocycles. The molecular weight excluding hydrogens is 340 g/mol. The largest absolute Gasteiger partial charge is 0.485 e. The molecule has 2 atom stereocenters. The summed E-state index contributed by atoms with van der Waals surface area (Å²) in [4.78, 5) is 0. The molecule has 1 aliphatic heterocycles. The van der Waals surface area contributed by atoms with Crippen molar-refractivity contribution in [1.29, 1.82) is 0 Å². The lowest BCUT2D eigenvalue weighted by molar-refractivity contribution is 0.0654. The predicted octanol–water partition coefficient (Wildman–Crippen LogP) is 4.97. The van der Waals surface area contributed by atoms with E-state index in [9.17, 15) is 5.11 Å². The van der Waals surface area contributed by atoms with E-state index < -0.39 is 6.10 Å². The number of ether oxygens (including phenoxy) is 1. The van der Waals surface area contributed by atoms with Crippen molar-refractivity contribution in [1.82, 2.24) is 0 Å². The van der Waals surface area contributed by atoms with E-state index in [1.165, 1.54) is 0 Å². The Balaban J connectivity index is 1.97. The molecule has 20 heavy (non-hydrogen) atoms. The average Bonchev–Trinajstić information content (AvgIpc) is 2.39. The van der Waals surface area contributed by atoms with Gasteiger partial charge in [-0.1, -0.05) is 33.6 Å². The molecular formula is C16H14BrClO2. The zero-order valence-electron chi connectivity index (χ0n) is 10.9. The van der Waals surface area contributed by atoms with Crippen LogP contribution in [0.2, 0.25) is 5.02 Å². The molecule has 0 bridgehead atoms. The zero-order chi connectivity index (χ0) is 14.3. The van der Waals surface area contributed by atoms with Crippen LogP contribution in [0, 0.1) is 6.92 Å². The Morgan fingerprint density at radius 1 is 1.20 bits per heavy atom. The number of rotatable bonds is 1. The molecule has 0 spiro atoms. The molecule has 2 nitrogen and oxygen atoms in total. The van der Waals surface area contributed by atoms with Crippen molar-refractivity contribution >= 4 is 27.5 Å². The maximum Gasteiger partial charge on any atom is 0.127 e. The van der Waals surface area contributed by atoms with E-state index in [4.69, 9.17) is 16.3 Å². The van der Waals surface area contributed by atoms with E-state index in [0.717, 1.165) is 26.9 Å². The molecule has 1 aliphatic rings. The van der Waals surface area contributed by atoms with Crippen molar-refractivity contribution in [3.63, 3.8) is 0 Å². The minimum Gasteiger partial charge on any atom is -0.485 e. The van der Waals surface area contributed by atoms with Gasteiger partial charge >= 0.3 is 0 Å². The van der Waals surface area contributed by atoms with Gasteiger partial charge in [-0.05, 0) is 48.4 Å². The summed E-state index contributed by atoms with van der Waals surface area (Å²) in [5.74, 6) is 0.742. The minimum atomic E-state index is -0.517. The van der Waals surface area contributed by atoms with Gasteiger partial charge in [0.05, 0.1) is 6.10 Å². The summed E-state index contributed by atoms with van der Waals surface area (Å²) >= 11 is 9.40. The SMILES string of the molecule is Cc1cc(Cl)ccc1C1CC(O)c2cc(Br)ccc2O1. The maximum atomic E-state index is 10.3. The highest BCUT2D eigenvalue weighted by atomic mass is 79.9. The summed E-state index contributed by atoms with van der Waals surface area (Å²) in [6.45, 7) is 2.01. The van der Waals surface area contributed by atoms with Gasteiger partial charge in [-0.25, -0.2) is 0 Å². The number of hydrogen-bond acceptors (Lipinski definition) is 2. The quantitative estimate of drug-likeness (QED) is 0.784. The number of fused-ring (bicyclic) bond motifs is 1. The van der Waals surface area contributed by atoms with Crippen LogP contribution in [0.1, 0.15) is 35.3 Å². The molecule has 2 aromatic carbocycles. The zero-order valence-corrected chi connectivity index (χ0v) is 13.3. The molecule has 4 heteroatoms. The number of aliphatic hydroxyl groups excluding tert-OH is 1. The molecule has 2 unspecified atom stereocenters. The van der Waals surface area contributed by atoms with E-state index in [2.05, 4.69) is 15.9 Å². The lowest BCUT2D eigenvalue weighted by Gasteiger charge is -2.31. The summed E-state index contributed by atoms with van der Waals surface area (Å²) in [5.41, 5.74) is 2.99. The van der Waals surface area contributed by atoms with Gasteiger partial charge in [0.1, 0.15) is 11.9 Å². The van der Waals surface area contributed by atoms with Gasteiger partial charge in [0.2, 0.25) is 0 Å². The molecule has 3 rings (SSSR count). The van der Waals surface area contributed by atoms with Gasteiger partial charge in [0.15, 0.2) is 0 Å². The van der Waals surface area contributed by atoms with E-state index in [1.807, 2.05) is 43.3 Å². The molecule has 104 valence electrons. The first-order valence-electron chi connectivity index (χ1n) is 6.45. The first-order chi connectivity index (χ1) is 9.54. The van der Waals surface area contributed by atoms with E-state index >= 15 is 0 Å². The smallest absolute Gasteiger partial charge is 0.127 e. The summed E-state index contributed by atoms with van der Waals surface area (Å²) in [7, 11) is 0. The van der Waals surface area contributed by atoms with Gasteiger partial charge in [-0.2, -0.15) is 0 Å². The van der Waals surface area contributed by atoms with Crippen molar-refractivity contribution in [3.8, 4) is 5.75 Å². The lowest BCUT2D eigenvalue weighted by Crippen LogP contribution is -2.19. The highest BCUT2D eigenvalue weighted by Crippen LogP contribution is 2.42. The molecule has 1 N–H and O–H groups in total. The van der Waals surface area contributed by atoms with Crippen LogP contribution < -0.4 is 4.74 Å². The van der Waals surface area contributed by atoms with E-state index in [-0.39, 0.29) is 6.10 Å². The van der Waals surface area contributed by atoms with Crippen LogP contribution in [0.15, 0.2) is 40.9 Å². The van der Waals surface area contributed by atoms with Gasteiger partial charge in [0, 0.05) is 21.5 Å². The van der Waals surface area contributed by atoms with Crippen molar-refractivity contribution in [2.75, 3.05) is 0 Å². The standard InChI is InChI=1S/C16H14BrClO2/c1-9-6-11(18)3-4-12(9)16-8-14(19)13-7-10(17)2-5-15(13)20-16/h2-7,14,16,19H,8H2,1H3. The second-order valence-electron chi connectivity index (χ2n) is 5.04. The van der Waals surface area contributed by atoms with Gasteiger partial charge in [-0.3, -0.25) is 0 Å². The van der Waals surface area contributed by atoms with E-state index in [1.54, 1.807) is 0 Å². The second-order valence-corrected chi connectivity index (χ2v) is 6.39. The van der Waals surface area contributed by atoms with E-state index in [0.29, 0.717) is 11.4 Å². The first-order valence-corrected chi connectivity index (χ1v) is 7.62. The van der Waals surface area contributed by atoms with Crippen LogP contribution in [-0.4, -0.2) is 5.11 Å². The Bertz CT molecular complexity index is 657. The fourth-order valence-corrected chi connectivity index (χ4v) is 3.21. The Morgan fingerprint density at radius 2 is 2.00 bits per heavy atom. The Kier molecular flexibility index (Phi) is 3.76. The molecule has 0 amide bonds. The second kappa shape index (κ2) is 5.40. The Hall–Kier alpha value is -1.03. The third-order valence-corrected chi connectivity index (χ3v) is 4.34. The topological polar surface area (TPSA) is 29.5 Å². The molecule has 2 aromatic rings. The number of benzene rings is 2. The van der Waals surface area contributed by atoms with Crippen molar-refractivity contribution < 1.29 is 9.84 Å². The van der Waals surface area contributed by atoms with Crippen LogP contribution in [-0.2, 0) is 0 Å². The van der Waals surface area contributed by atoms with Gasteiger partial charge in [-0.15, -0.1) is 0 Å². The molecule has 0 aliphatic carbocycles. The Labute approximate surface area is 131 Å². The highest BCUT2D eigenvalue weighted by molar-refractivity contribution is 9.10. The average molecular weight is 354 g/mol. The molecule has 0 saturated heterocycles. The third kappa shape index (κ3) is 2.58. The number of aryl methyl sites for hydroxylation is 1. The number of halogens is 2. The lowest BCUT2D eigenvalue weighted by atomic mass is 9.93. The number of hydrogen-bond donors (Lipinski definition) is 1.